The molecule has 0 aliphatic heterocycles. The molecule has 2 aromatic rings. The van der Waals surface area contributed by atoms with Gasteiger partial charge in [-0.2, -0.15) is 18.3 Å². The first-order chi connectivity index (χ1) is 11.5. The molecule has 136 valence electrons. The Labute approximate surface area is 142 Å². The Hall–Kier alpha value is -2.36. The Morgan fingerprint density at radius 2 is 2.00 bits per heavy atom. The molecule has 25 heavy (non-hydrogen) atoms. The molecule has 1 aromatic heterocycles. The molecule has 2 rings (SSSR count). The molecule has 1 unspecified atom stereocenters. The van der Waals surface area contributed by atoms with Gasteiger partial charge in [0.15, 0.2) is 15.5 Å². The zero-order valence-corrected chi connectivity index (χ0v) is 14.2. The fourth-order valence-corrected chi connectivity index (χ4v) is 2.90. The topological polar surface area (TPSA) is 81.1 Å². The summed E-state index contributed by atoms with van der Waals surface area (Å²) >= 11 is 0. The van der Waals surface area contributed by atoms with E-state index >= 15 is 0 Å². The summed E-state index contributed by atoms with van der Waals surface area (Å²) < 4.78 is 61.3. The maximum absolute atomic E-state index is 12.6. The van der Waals surface area contributed by atoms with Gasteiger partial charge in [-0.05, 0) is 30.7 Å². The second-order valence-electron chi connectivity index (χ2n) is 5.61. The lowest BCUT2D eigenvalue weighted by molar-refractivity contribution is -0.141. The van der Waals surface area contributed by atoms with Crippen LogP contribution in [-0.4, -0.2) is 30.4 Å². The van der Waals surface area contributed by atoms with E-state index in [1.165, 1.54) is 13.0 Å². The normalized spacial score (nSPS) is 13.5. The summed E-state index contributed by atoms with van der Waals surface area (Å²) in [6.07, 6.45) is -2.41. The molecular weight excluding hydrogens is 359 g/mol. The van der Waals surface area contributed by atoms with Gasteiger partial charge in [-0.3, -0.25) is 9.48 Å². The Morgan fingerprint density at radius 3 is 2.56 bits per heavy atom. The number of alkyl halides is 3. The fourth-order valence-electron chi connectivity index (χ4n) is 2.11. The molecule has 0 saturated heterocycles. The van der Waals surface area contributed by atoms with Crippen molar-refractivity contribution >= 4 is 21.4 Å². The number of hydrogen-bond donors (Lipinski definition) is 1. The monoisotopic (exact) mass is 375 g/mol. The Bertz CT molecular complexity index is 875. The van der Waals surface area contributed by atoms with Crippen molar-refractivity contribution in [3.8, 4) is 0 Å². The van der Waals surface area contributed by atoms with E-state index in [0.717, 1.165) is 23.2 Å². The summed E-state index contributed by atoms with van der Waals surface area (Å²) in [4.78, 5) is 12.2. The van der Waals surface area contributed by atoms with Crippen LogP contribution in [0.5, 0.6) is 0 Å². The van der Waals surface area contributed by atoms with Crippen LogP contribution in [0, 0.1) is 0 Å². The number of rotatable bonds is 5. The van der Waals surface area contributed by atoms with E-state index in [0.29, 0.717) is 11.3 Å². The Balaban J connectivity index is 2.11. The zero-order chi connectivity index (χ0) is 18.8. The molecule has 0 aliphatic rings. The molecule has 1 aromatic carbocycles. The number of sulfone groups is 1. The minimum absolute atomic E-state index is 0.180. The van der Waals surface area contributed by atoms with Crippen LogP contribution in [0.3, 0.4) is 0 Å². The van der Waals surface area contributed by atoms with Crippen LogP contribution in [0.2, 0.25) is 0 Å². The molecular formula is C15H16F3N3O3S. The average molecular weight is 375 g/mol. The van der Waals surface area contributed by atoms with Gasteiger partial charge >= 0.3 is 6.18 Å². The number of carbonyl (C=O) groups is 1. The second-order valence-corrected chi connectivity index (χ2v) is 7.75. The maximum Gasteiger partial charge on any atom is 0.435 e. The lowest BCUT2D eigenvalue weighted by Crippen LogP contribution is -2.24. The summed E-state index contributed by atoms with van der Waals surface area (Å²) in [7, 11) is -3.23. The molecule has 6 nitrogen and oxygen atoms in total. The first-order valence-electron chi connectivity index (χ1n) is 7.15. The third-order valence-corrected chi connectivity index (χ3v) is 4.16. The van der Waals surface area contributed by atoms with Gasteiger partial charge in [-0.15, -0.1) is 0 Å². The van der Waals surface area contributed by atoms with E-state index in [1.807, 2.05) is 0 Å². The van der Waals surface area contributed by atoms with Crippen molar-refractivity contribution in [3.05, 3.63) is 47.8 Å². The SMILES string of the molecule is CC(C(=O)Nc1cccc(CS(C)(=O)=O)c1)n1ccc(C(F)(F)F)n1. The summed E-state index contributed by atoms with van der Waals surface area (Å²) in [6, 6.07) is 6.04. The molecule has 0 radical (unpaired) electrons. The molecule has 1 heterocycles. The van der Waals surface area contributed by atoms with E-state index in [4.69, 9.17) is 0 Å². The number of aromatic nitrogens is 2. The van der Waals surface area contributed by atoms with Crippen molar-refractivity contribution in [2.75, 3.05) is 11.6 Å². The standard InChI is InChI=1S/C15H16F3N3O3S/c1-10(21-7-6-13(20-21)15(16,17)18)14(22)19-12-5-3-4-11(8-12)9-25(2,23)24/h3-8,10H,9H2,1-2H3,(H,19,22). The number of amides is 1. The summed E-state index contributed by atoms with van der Waals surface area (Å²) in [6.45, 7) is 1.41. The predicted octanol–water partition coefficient (Wildman–Crippen LogP) is 2.65. The van der Waals surface area contributed by atoms with Gasteiger partial charge in [0.25, 0.3) is 0 Å². The van der Waals surface area contributed by atoms with Gasteiger partial charge < -0.3 is 5.32 Å². The minimum atomic E-state index is -4.58. The van der Waals surface area contributed by atoms with Crippen molar-refractivity contribution in [1.82, 2.24) is 9.78 Å². The van der Waals surface area contributed by atoms with Crippen molar-refractivity contribution in [2.45, 2.75) is 24.9 Å². The van der Waals surface area contributed by atoms with Crippen LogP contribution in [-0.2, 0) is 26.6 Å². The highest BCUT2D eigenvalue weighted by atomic mass is 32.2. The largest absolute Gasteiger partial charge is 0.435 e. The van der Waals surface area contributed by atoms with Crippen LogP contribution in [0.1, 0.15) is 24.2 Å². The molecule has 0 spiro atoms. The van der Waals surface area contributed by atoms with E-state index in [2.05, 4.69) is 10.4 Å². The molecule has 1 amide bonds. The number of carbonyl (C=O) groups excluding carboxylic acids is 1. The quantitative estimate of drug-likeness (QED) is 0.871. The second kappa shape index (κ2) is 6.87. The molecule has 1 N–H and O–H groups in total. The first kappa shape index (κ1) is 19.0. The highest BCUT2D eigenvalue weighted by Crippen LogP contribution is 2.28. The van der Waals surface area contributed by atoms with Crippen molar-refractivity contribution in [3.63, 3.8) is 0 Å². The number of halogens is 3. The fraction of sp³-hybridized carbons (Fsp3) is 0.333. The van der Waals surface area contributed by atoms with E-state index < -0.39 is 33.7 Å². The van der Waals surface area contributed by atoms with Crippen LogP contribution >= 0.6 is 0 Å². The summed E-state index contributed by atoms with van der Waals surface area (Å²) in [5.74, 6) is -0.756. The van der Waals surface area contributed by atoms with Gasteiger partial charge in [0, 0.05) is 18.1 Å². The average Bonchev–Trinajstić information content (AvgIpc) is 2.94. The third kappa shape index (κ3) is 5.31. The lowest BCUT2D eigenvalue weighted by atomic mass is 10.2. The lowest BCUT2D eigenvalue weighted by Gasteiger charge is -2.13. The van der Waals surface area contributed by atoms with Crippen LogP contribution in [0.25, 0.3) is 0 Å². The number of anilines is 1. The van der Waals surface area contributed by atoms with Gasteiger partial charge in [0.05, 0.1) is 5.75 Å². The molecule has 0 aliphatic carbocycles. The highest BCUT2D eigenvalue weighted by molar-refractivity contribution is 7.89. The van der Waals surface area contributed by atoms with Crippen molar-refractivity contribution in [1.29, 1.82) is 0 Å². The van der Waals surface area contributed by atoms with Gasteiger partial charge in [-0.1, -0.05) is 12.1 Å². The van der Waals surface area contributed by atoms with Gasteiger partial charge in [-0.25, -0.2) is 8.42 Å². The van der Waals surface area contributed by atoms with E-state index in [9.17, 15) is 26.4 Å². The highest BCUT2D eigenvalue weighted by Gasteiger charge is 2.34. The van der Waals surface area contributed by atoms with Gasteiger partial charge in [0.2, 0.25) is 5.91 Å². The predicted molar refractivity (Wildman–Crippen MR) is 85.6 cm³/mol. The molecule has 0 fully saturated rings. The molecule has 0 saturated carbocycles. The van der Waals surface area contributed by atoms with Crippen molar-refractivity contribution < 1.29 is 26.4 Å². The maximum atomic E-state index is 12.6. The smallest absolute Gasteiger partial charge is 0.324 e. The van der Waals surface area contributed by atoms with E-state index in [-0.39, 0.29) is 5.75 Å². The van der Waals surface area contributed by atoms with Gasteiger partial charge in [0.1, 0.15) is 6.04 Å². The first-order valence-corrected chi connectivity index (χ1v) is 9.21. The van der Waals surface area contributed by atoms with Crippen LogP contribution in [0.4, 0.5) is 18.9 Å². The Morgan fingerprint density at radius 1 is 1.32 bits per heavy atom. The third-order valence-electron chi connectivity index (χ3n) is 3.30. The number of nitrogens with one attached hydrogen (secondary N) is 1. The van der Waals surface area contributed by atoms with Crippen molar-refractivity contribution in [2.24, 2.45) is 0 Å². The van der Waals surface area contributed by atoms with E-state index in [1.54, 1.807) is 18.2 Å². The molecule has 1 atom stereocenters. The summed E-state index contributed by atoms with van der Waals surface area (Å²) in [5.41, 5.74) is -0.241. The number of hydrogen-bond acceptors (Lipinski definition) is 4. The Kier molecular flexibility index (Phi) is 5.21. The molecule has 0 bridgehead atoms. The minimum Gasteiger partial charge on any atom is -0.324 e. The number of benzene rings is 1. The molecule has 10 heteroatoms. The zero-order valence-electron chi connectivity index (χ0n) is 13.4. The number of nitrogens with zero attached hydrogens (tertiary/aromatic N) is 2. The van der Waals surface area contributed by atoms with Crippen LogP contribution < -0.4 is 5.32 Å². The summed E-state index contributed by atoms with van der Waals surface area (Å²) in [5, 5.41) is 5.90. The van der Waals surface area contributed by atoms with Crippen LogP contribution in [0.15, 0.2) is 36.5 Å².